The van der Waals surface area contributed by atoms with Gasteiger partial charge in [-0.25, -0.2) is 21.1 Å². The van der Waals surface area contributed by atoms with E-state index in [2.05, 4.69) is 26.0 Å². The Morgan fingerprint density at radius 1 is 0.829 bits per heavy atom. The van der Waals surface area contributed by atoms with Gasteiger partial charge in [-0.05, 0) is 53.9 Å². The van der Waals surface area contributed by atoms with Gasteiger partial charge in [-0.1, -0.05) is 58.4 Å². The minimum atomic E-state index is -3.96. The first kappa shape index (κ1) is 27.0. The van der Waals surface area contributed by atoms with Gasteiger partial charge in [0.05, 0.1) is 9.79 Å². The minimum absolute atomic E-state index is 0.0456. The number of nitrogens with zero attached hydrogens (tertiary/aromatic N) is 1. The standard InChI is InChI=1S/C24H26BrN3O5S2/c1-28(2)35(32,33)22-12-8-19(9-13-22)17-26-24(29)23(16-18-6-4-3-5-7-18)27-34(30,31)21-14-10-20(25)11-15-21/h3-15,23,27H,16-17H2,1-2H3,(H,26,29)/t23-/m1/s1. The van der Waals surface area contributed by atoms with Gasteiger partial charge < -0.3 is 5.32 Å². The number of benzene rings is 3. The molecule has 2 N–H and O–H groups in total. The van der Waals surface area contributed by atoms with Gasteiger partial charge >= 0.3 is 0 Å². The molecular weight excluding hydrogens is 554 g/mol. The average molecular weight is 581 g/mol. The van der Waals surface area contributed by atoms with E-state index in [1.807, 2.05) is 30.3 Å². The summed E-state index contributed by atoms with van der Waals surface area (Å²) in [6, 6.07) is 20.3. The Morgan fingerprint density at radius 2 is 1.40 bits per heavy atom. The number of rotatable bonds is 10. The van der Waals surface area contributed by atoms with Gasteiger partial charge in [0, 0.05) is 25.1 Å². The summed E-state index contributed by atoms with van der Waals surface area (Å²) in [5.74, 6) is -0.500. The molecule has 0 saturated heterocycles. The fraction of sp³-hybridized carbons (Fsp3) is 0.208. The Bertz CT molecular complexity index is 1360. The van der Waals surface area contributed by atoms with Crippen molar-refractivity contribution in [1.82, 2.24) is 14.3 Å². The van der Waals surface area contributed by atoms with Crippen LogP contribution in [-0.2, 0) is 37.8 Å². The summed E-state index contributed by atoms with van der Waals surface area (Å²) in [5.41, 5.74) is 1.47. The zero-order valence-electron chi connectivity index (χ0n) is 19.2. The summed E-state index contributed by atoms with van der Waals surface area (Å²) in [5, 5.41) is 2.75. The number of sulfonamides is 2. The monoisotopic (exact) mass is 579 g/mol. The van der Waals surface area contributed by atoms with E-state index in [4.69, 9.17) is 0 Å². The van der Waals surface area contributed by atoms with Crippen molar-refractivity contribution in [2.75, 3.05) is 14.1 Å². The molecule has 0 bridgehead atoms. The van der Waals surface area contributed by atoms with Crippen molar-refractivity contribution in [3.05, 3.63) is 94.5 Å². The van der Waals surface area contributed by atoms with Crippen molar-refractivity contribution in [3.63, 3.8) is 0 Å². The van der Waals surface area contributed by atoms with Crippen molar-refractivity contribution < 1.29 is 21.6 Å². The zero-order chi connectivity index (χ0) is 25.6. The number of amides is 1. The zero-order valence-corrected chi connectivity index (χ0v) is 22.4. The maximum absolute atomic E-state index is 13.1. The predicted octanol–water partition coefficient (Wildman–Crippen LogP) is 2.91. The van der Waals surface area contributed by atoms with Crippen LogP contribution >= 0.6 is 15.9 Å². The van der Waals surface area contributed by atoms with Gasteiger partial charge in [-0.3, -0.25) is 4.79 Å². The lowest BCUT2D eigenvalue weighted by Crippen LogP contribution is -2.47. The molecule has 0 saturated carbocycles. The molecule has 3 rings (SSSR count). The van der Waals surface area contributed by atoms with E-state index in [1.54, 1.807) is 24.3 Å². The average Bonchev–Trinajstić information content (AvgIpc) is 2.83. The molecule has 35 heavy (non-hydrogen) atoms. The third kappa shape index (κ3) is 7.21. The lowest BCUT2D eigenvalue weighted by molar-refractivity contribution is -0.122. The summed E-state index contributed by atoms with van der Waals surface area (Å²) >= 11 is 3.28. The molecule has 8 nitrogen and oxygen atoms in total. The van der Waals surface area contributed by atoms with E-state index in [0.717, 1.165) is 14.3 Å². The Hall–Kier alpha value is -2.57. The van der Waals surface area contributed by atoms with Crippen LogP contribution in [0.4, 0.5) is 0 Å². The quantitative estimate of drug-likeness (QED) is 0.383. The lowest BCUT2D eigenvalue weighted by Gasteiger charge is -2.19. The smallest absolute Gasteiger partial charge is 0.242 e. The Morgan fingerprint density at radius 3 is 1.97 bits per heavy atom. The van der Waals surface area contributed by atoms with E-state index in [0.29, 0.717) is 5.56 Å². The van der Waals surface area contributed by atoms with E-state index in [9.17, 15) is 21.6 Å². The molecule has 0 aliphatic rings. The van der Waals surface area contributed by atoms with Crippen LogP contribution in [0.2, 0.25) is 0 Å². The number of hydrogen-bond donors (Lipinski definition) is 2. The van der Waals surface area contributed by atoms with Crippen molar-refractivity contribution in [2.45, 2.75) is 28.8 Å². The molecule has 0 aliphatic heterocycles. The molecule has 11 heteroatoms. The number of nitrogens with one attached hydrogen (secondary N) is 2. The van der Waals surface area contributed by atoms with Crippen molar-refractivity contribution in [2.24, 2.45) is 0 Å². The van der Waals surface area contributed by atoms with Crippen LogP contribution in [0.15, 0.2) is 93.1 Å². The molecule has 0 aromatic heterocycles. The fourth-order valence-electron chi connectivity index (χ4n) is 3.21. The van der Waals surface area contributed by atoms with Crippen LogP contribution in [0.1, 0.15) is 11.1 Å². The second kappa shape index (κ2) is 11.4. The highest BCUT2D eigenvalue weighted by Crippen LogP contribution is 2.17. The van der Waals surface area contributed by atoms with E-state index in [-0.39, 0.29) is 22.8 Å². The predicted molar refractivity (Wildman–Crippen MR) is 138 cm³/mol. The molecule has 0 radical (unpaired) electrons. The van der Waals surface area contributed by atoms with Crippen LogP contribution in [0.3, 0.4) is 0 Å². The summed E-state index contributed by atoms with van der Waals surface area (Å²) < 4.78 is 54.7. The normalized spacial score (nSPS) is 12.9. The van der Waals surface area contributed by atoms with Crippen LogP contribution in [0.5, 0.6) is 0 Å². The largest absolute Gasteiger partial charge is 0.351 e. The molecule has 0 spiro atoms. The van der Waals surface area contributed by atoms with Gasteiger partial charge in [-0.15, -0.1) is 0 Å². The van der Waals surface area contributed by atoms with Gasteiger partial charge in [0.2, 0.25) is 26.0 Å². The van der Waals surface area contributed by atoms with Crippen LogP contribution in [0.25, 0.3) is 0 Å². The van der Waals surface area contributed by atoms with E-state index >= 15 is 0 Å². The first-order chi connectivity index (χ1) is 16.5. The molecule has 0 fully saturated rings. The molecular formula is C24H26BrN3O5S2. The van der Waals surface area contributed by atoms with Crippen molar-refractivity contribution >= 4 is 41.9 Å². The third-order valence-corrected chi connectivity index (χ3v) is 9.03. The topological polar surface area (TPSA) is 113 Å². The highest BCUT2D eigenvalue weighted by molar-refractivity contribution is 9.10. The summed E-state index contributed by atoms with van der Waals surface area (Å²) in [6.07, 6.45) is 0.155. The molecule has 1 amide bonds. The number of carbonyl (C=O) groups is 1. The molecule has 1 atom stereocenters. The van der Waals surface area contributed by atoms with Crippen LogP contribution < -0.4 is 10.0 Å². The second-order valence-electron chi connectivity index (χ2n) is 7.97. The van der Waals surface area contributed by atoms with Gasteiger partial charge in [0.15, 0.2) is 0 Å². The van der Waals surface area contributed by atoms with Gasteiger partial charge in [0.1, 0.15) is 6.04 Å². The molecule has 0 aliphatic carbocycles. The Balaban J connectivity index is 1.76. The highest BCUT2D eigenvalue weighted by atomic mass is 79.9. The summed E-state index contributed by atoms with van der Waals surface area (Å²) in [7, 11) is -4.61. The maximum Gasteiger partial charge on any atom is 0.242 e. The third-order valence-electron chi connectivity index (χ3n) is 5.19. The molecule has 3 aromatic carbocycles. The van der Waals surface area contributed by atoms with Crippen LogP contribution in [-0.4, -0.2) is 47.2 Å². The second-order valence-corrected chi connectivity index (χ2v) is 12.7. The van der Waals surface area contributed by atoms with Gasteiger partial charge in [-0.2, -0.15) is 4.72 Å². The van der Waals surface area contributed by atoms with E-state index < -0.39 is 32.0 Å². The summed E-state index contributed by atoms with van der Waals surface area (Å²) in [4.78, 5) is 13.2. The molecule has 3 aromatic rings. The van der Waals surface area contributed by atoms with Crippen molar-refractivity contribution in [1.29, 1.82) is 0 Å². The first-order valence-corrected chi connectivity index (χ1v) is 14.3. The molecule has 186 valence electrons. The van der Waals surface area contributed by atoms with Crippen LogP contribution in [0, 0.1) is 0 Å². The van der Waals surface area contributed by atoms with Gasteiger partial charge in [0.25, 0.3) is 0 Å². The SMILES string of the molecule is CN(C)S(=O)(=O)c1ccc(CNC(=O)[C@@H](Cc2ccccc2)NS(=O)(=O)c2ccc(Br)cc2)cc1. The maximum atomic E-state index is 13.1. The first-order valence-electron chi connectivity index (χ1n) is 10.6. The number of halogens is 1. The number of hydrogen-bond acceptors (Lipinski definition) is 5. The molecule has 0 heterocycles. The summed E-state index contributed by atoms with van der Waals surface area (Å²) in [6.45, 7) is 0.104. The Labute approximate surface area is 214 Å². The number of carbonyl (C=O) groups excluding carboxylic acids is 1. The lowest BCUT2D eigenvalue weighted by atomic mass is 10.1. The fourth-order valence-corrected chi connectivity index (χ4v) is 5.57. The van der Waals surface area contributed by atoms with Crippen molar-refractivity contribution in [3.8, 4) is 0 Å². The Kier molecular flexibility index (Phi) is 8.84. The molecule has 0 unspecified atom stereocenters. The van der Waals surface area contributed by atoms with E-state index in [1.165, 1.54) is 38.4 Å². The highest BCUT2D eigenvalue weighted by Gasteiger charge is 2.26. The minimum Gasteiger partial charge on any atom is -0.351 e.